The Morgan fingerprint density at radius 2 is 2.25 bits per heavy atom. The summed E-state index contributed by atoms with van der Waals surface area (Å²) in [5.41, 5.74) is 1.51. The van der Waals surface area contributed by atoms with Crippen LogP contribution >= 0.6 is 0 Å². The summed E-state index contributed by atoms with van der Waals surface area (Å²) < 4.78 is 4.73. The van der Waals surface area contributed by atoms with Gasteiger partial charge in [-0.05, 0) is 6.92 Å². The second-order valence-electron chi connectivity index (χ2n) is 2.43. The van der Waals surface area contributed by atoms with Gasteiger partial charge in [0.25, 0.3) is 0 Å². The molecule has 1 aromatic rings. The van der Waals surface area contributed by atoms with Crippen LogP contribution in [0.5, 0.6) is 0 Å². The van der Waals surface area contributed by atoms with Crippen LogP contribution in [0.2, 0.25) is 0 Å². The van der Waals surface area contributed by atoms with E-state index in [2.05, 4.69) is 9.97 Å². The molecule has 0 aliphatic carbocycles. The molecule has 64 valence electrons. The summed E-state index contributed by atoms with van der Waals surface area (Å²) in [6, 6.07) is 0. The van der Waals surface area contributed by atoms with Crippen molar-refractivity contribution in [3.63, 3.8) is 0 Å². The van der Waals surface area contributed by atoms with Gasteiger partial charge in [0.05, 0.1) is 17.6 Å². The van der Waals surface area contributed by atoms with E-state index in [0.717, 1.165) is 5.69 Å². The molecular formula is C8H10N2O2. The van der Waals surface area contributed by atoms with E-state index < -0.39 is 0 Å². The summed E-state index contributed by atoms with van der Waals surface area (Å²) in [4.78, 5) is 18.4. The monoisotopic (exact) mass is 166 g/mol. The van der Waals surface area contributed by atoms with Crippen LogP contribution in [-0.4, -0.2) is 15.9 Å². The molecule has 0 aliphatic heterocycles. The highest BCUT2D eigenvalue weighted by Crippen LogP contribution is 1.96. The fourth-order valence-corrected chi connectivity index (χ4v) is 0.669. The highest BCUT2D eigenvalue weighted by Gasteiger charge is 1.97. The zero-order valence-electron chi connectivity index (χ0n) is 7.07. The summed E-state index contributed by atoms with van der Waals surface area (Å²) in [5, 5.41) is 0. The maximum absolute atomic E-state index is 10.4. The fourth-order valence-electron chi connectivity index (χ4n) is 0.669. The van der Waals surface area contributed by atoms with Gasteiger partial charge in [0.15, 0.2) is 0 Å². The summed E-state index contributed by atoms with van der Waals surface area (Å²) in [7, 11) is 0. The lowest BCUT2D eigenvalue weighted by molar-refractivity contribution is -0.142. The minimum Gasteiger partial charge on any atom is -0.459 e. The number of nitrogens with zero attached hydrogens (tertiary/aromatic N) is 2. The van der Waals surface area contributed by atoms with Crippen LogP contribution in [-0.2, 0) is 16.1 Å². The van der Waals surface area contributed by atoms with E-state index in [1.165, 1.54) is 6.92 Å². The molecule has 1 heterocycles. The van der Waals surface area contributed by atoms with Gasteiger partial charge in [-0.15, -0.1) is 0 Å². The van der Waals surface area contributed by atoms with Gasteiger partial charge in [0.1, 0.15) is 6.61 Å². The molecule has 0 N–H and O–H groups in total. The molecule has 0 saturated carbocycles. The number of rotatable bonds is 2. The Labute approximate surface area is 70.6 Å². The number of hydrogen-bond donors (Lipinski definition) is 0. The Hall–Kier alpha value is -1.45. The van der Waals surface area contributed by atoms with Gasteiger partial charge < -0.3 is 4.74 Å². The third-order valence-corrected chi connectivity index (χ3v) is 1.26. The van der Waals surface area contributed by atoms with Gasteiger partial charge in [-0.2, -0.15) is 0 Å². The fraction of sp³-hybridized carbons (Fsp3) is 0.375. The number of carbonyl (C=O) groups is 1. The maximum atomic E-state index is 10.4. The molecule has 0 amide bonds. The van der Waals surface area contributed by atoms with Crippen LogP contribution in [0.1, 0.15) is 18.3 Å². The van der Waals surface area contributed by atoms with Crippen molar-refractivity contribution in [2.75, 3.05) is 0 Å². The quantitative estimate of drug-likeness (QED) is 0.611. The first-order valence-electron chi connectivity index (χ1n) is 3.59. The Morgan fingerprint density at radius 3 is 2.75 bits per heavy atom. The molecular weight excluding hydrogens is 156 g/mol. The number of aryl methyl sites for hydroxylation is 1. The second kappa shape index (κ2) is 3.80. The molecule has 0 bridgehead atoms. The molecule has 0 spiro atoms. The smallest absolute Gasteiger partial charge is 0.303 e. The molecule has 4 nitrogen and oxygen atoms in total. The Bertz CT molecular complexity index is 269. The molecule has 0 fully saturated rings. The van der Waals surface area contributed by atoms with Gasteiger partial charge >= 0.3 is 5.97 Å². The molecule has 0 atom stereocenters. The summed E-state index contributed by atoms with van der Waals surface area (Å²) in [6.07, 6.45) is 3.23. The van der Waals surface area contributed by atoms with Crippen molar-refractivity contribution >= 4 is 5.97 Å². The van der Waals surface area contributed by atoms with Gasteiger partial charge in [-0.1, -0.05) is 0 Å². The lowest BCUT2D eigenvalue weighted by Crippen LogP contribution is -2.01. The van der Waals surface area contributed by atoms with Crippen molar-refractivity contribution in [3.8, 4) is 0 Å². The van der Waals surface area contributed by atoms with Gasteiger partial charge in [0, 0.05) is 13.1 Å². The second-order valence-corrected chi connectivity index (χ2v) is 2.43. The first-order valence-corrected chi connectivity index (χ1v) is 3.59. The van der Waals surface area contributed by atoms with Crippen LogP contribution in [0.25, 0.3) is 0 Å². The van der Waals surface area contributed by atoms with Crippen LogP contribution in [0.3, 0.4) is 0 Å². The molecule has 4 heteroatoms. The van der Waals surface area contributed by atoms with Crippen molar-refractivity contribution in [2.45, 2.75) is 20.5 Å². The third kappa shape index (κ3) is 2.65. The number of ether oxygens (including phenoxy) is 1. The van der Waals surface area contributed by atoms with E-state index in [0.29, 0.717) is 5.69 Å². The maximum Gasteiger partial charge on any atom is 0.303 e. The number of hydrogen-bond acceptors (Lipinski definition) is 4. The lowest BCUT2D eigenvalue weighted by Gasteiger charge is -1.99. The van der Waals surface area contributed by atoms with E-state index >= 15 is 0 Å². The molecule has 0 aromatic carbocycles. The Balaban J connectivity index is 2.53. The van der Waals surface area contributed by atoms with Crippen molar-refractivity contribution in [2.24, 2.45) is 0 Å². The number of esters is 1. The molecule has 0 radical (unpaired) electrons. The minimum absolute atomic E-state index is 0.197. The van der Waals surface area contributed by atoms with E-state index in [-0.39, 0.29) is 12.6 Å². The van der Waals surface area contributed by atoms with Crippen molar-refractivity contribution < 1.29 is 9.53 Å². The largest absolute Gasteiger partial charge is 0.459 e. The van der Waals surface area contributed by atoms with E-state index in [4.69, 9.17) is 4.74 Å². The third-order valence-electron chi connectivity index (χ3n) is 1.26. The highest BCUT2D eigenvalue weighted by molar-refractivity contribution is 5.65. The van der Waals surface area contributed by atoms with Crippen molar-refractivity contribution in [1.82, 2.24) is 9.97 Å². The number of aromatic nitrogens is 2. The zero-order chi connectivity index (χ0) is 8.97. The Morgan fingerprint density at radius 1 is 1.50 bits per heavy atom. The van der Waals surface area contributed by atoms with Crippen LogP contribution < -0.4 is 0 Å². The van der Waals surface area contributed by atoms with Crippen LogP contribution in [0.4, 0.5) is 0 Å². The van der Waals surface area contributed by atoms with E-state index in [1.807, 2.05) is 6.92 Å². The average molecular weight is 166 g/mol. The van der Waals surface area contributed by atoms with Crippen LogP contribution in [0, 0.1) is 6.92 Å². The SMILES string of the molecule is CC(=O)OCc1cnc(C)cn1. The molecule has 0 aliphatic rings. The average Bonchev–Trinajstić information content (AvgIpc) is 2.03. The molecule has 1 rings (SSSR count). The number of carbonyl (C=O) groups excluding carboxylic acids is 1. The summed E-state index contributed by atoms with van der Waals surface area (Å²) >= 11 is 0. The van der Waals surface area contributed by atoms with E-state index in [1.54, 1.807) is 12.4 Å². The van der Waals surface area contributed by atoms with Crippen molar-refractivity contribution in [1.29, 1.82) is 0 Å². The summed E-state index contributed by atoms with van der Waals surface area (Å²) in [5.74, 6) is -0.308. The van der Waals surface area contributed by atoms with E-state index in [9.17, 15) is 4.79 Å². The standard InChI is InChI=1S/C8H10N2O2/c1-6-3-10-8(4-9-6)5-12-7(2)11/h3-4H,5H2,1-2H3. The molecule has 1 aromatic heterocycles. The van der Waals surface area contributed by atoms with Gasteiger partial charge in [0.2, 0.25) is 0 Å². The predicted molar refractivity (Wildman–Crippen MR) is 42.2 cm³/mol. The first-order chi connectivity index (χ1) is 5.68. The normalized spacial score (nSPS) is 9.50. The lowest BCUT2D eigenvalue weighted by atomic mass is 10.4. The van der Waals surface area contributed by atoms with Crippen LogP contribution in [0.15, 0.2) is 12.4 Å². The molecule has 12 heavy (non-hydrogen) atoms. The Kier molecular flexibility index (Phi) is 2.74. The predicted octanol–water partition coefficient (Wildman–Crippen LogP) is 0.848. The highest BCUT2D eigenvalue weighted by atomic mass is 16.5. The van der Waals surface area contributed by atoms with Crippen molar-refractivity contribution in [3.05, 3.63) is 23.8 Å². The molecule has 0 unspecified atom stereocenters. The minimum atomic E-state index is -0.308. The zero-order valence-corrected chi connectivity index (χ0v) is 7.07. The first kappa shape index (κ1) is 8.64. The van der Waals surface area contributed by atoms with Gasteiger partial charge in [-0.3, -0.25) is 14.8 Å². The summed E-state index contributed by atoms with van der Waals surface area (Å²) in [6.45, 7) is 3.41. The molecule has 0 saturated heterocycles. The van der Waals surface area contributed by atoms with Gasteiger partial charge in [-0.25, -0.2) is 0 Å². The topological polar surface area (TPSA) is 52.1 Å².